The van der Waals surface area contributed by atoms with Gasteiger partial charge in [0.1, 0.15) is 0 Å². The zero-order valence-corrected chi connectivity index (χ0v) is 17.5. The first-order valence-corrected chi connectivity index (χ1v) is 10.9. The van der Waals surface area contributed by atoms with Crippen LogP contribution in [0, 0.1) is 74.4 Å². The summed E-state index contributed by atoms with van der Waals surface area (Å²) < 4.78 is 0. The van der Waals surface area contributed by atoms with Gasteiger partial charge in [-0.3, -0.25) is 4.79 Å². The highest BCUT2D eigenvalue weighted by atomic mass is 16.4. The van der Waals surface area contributed by atoms with Crippen molar-refractivity contribution in [1.29, 1.82) is 10.5 Å². The van der Waals surface area contributed by atoms with Gasteiger partial charge in [0.05, 0.1) is 29.4 Å². The van der Waals surface area contributed by atoms with Crippen LogP contribution < -0.4 is 0 Å². The van der Waals surface area contributed by atoms with E-state index in [0.29, 0.717) is 11.8 Å². The van der Waals surface area contributed by atoms with Gasteiger partial charge in [-0.2, -0.15) is 10.5 Å². The van der Waals surface area contributed by atoms with Crippen molar-refractivity contribution < 1.29 is 9.90 Å². The van der Waals surface area contributed by atoms with Crippen molar-refractivity contribution in [1.82, 2.24) is 0 Å². The molecule has 5 aliphatic carbocycles. The molecule has 4 nitrogen and oxygen atoms in total. The summed E-state index contributed by atoms with van der Waals surface area (Å²) in [6.07, 6.45) is 7.78. The lowest BCUT2D eigenvalue weighted by Crippen LogP contribution is -2.64. The van der Waals surface area contributed by atoms with Crippen molar-refractivity contribution in [3.8, 4) is 12.1 Å². The molecular weight excluding hydrogens is 348 g/mol. The first-order chi connectivity index (χ1) is 13.2. The third-order valence-electron chi connectivity index (χ3n) is 9.46. The molecule has 0 heterocycles. The molecule has 0 aliphatic heterocycles. The molecule has 150 valence electrons. The van der Waals surface area contributed by atoms with Crippen molar-refractivity contribution in [2.75, 3.05) is 0 Å². The Hall–Kier alpha value is -1.81. The Bertz CT molecular complexity index is 817. The van der Waals surface area contributed by atoms with Crippen molar-refractivity contribution in [3.63, 3.8) is 0 Å². The van der Waals surface area contributed by atoms with Gasteiger partial charge in [0, 0.05) is 5.41 Å². The quantitative estimate of drug-likeness (QED) is 0.669. The fourth-order valence-corrected chi connectivity index (χ4v) is 8.23. The number of hydrogen-bond acceptors (Lipinski definition) is 3. The number of rotatable bonds is 2. The number of carboxylic acids is 1. The monoisotopic (exact) mass is 380 g/mol. The number of aliphatic carboxylic acids is 1. The SMILES string of the molecule is CC(C)C1=C[C@@]23CC[C@H]4[C@](C)(CCC[C@@]4(C)C(=O)O)[C@@H]2C[C@@H]1[C@H](C#N)[C@@H]3C#N. The molecule has 1 spiro atoms. The van der Waals surface area contributed by atoms with Gasteiger partial charge in [0.15, 0.2) is 0 Å². The molecule has 0 unspecified atom stereocenters. The normalized spacial score (nSPS) is 49.4. The van der Waals surface area contributed by atoms with Crippen LogP contribution in [0.2, 0.25) is 0 Å². The minimum Gasteiger partial charge on any atom is -0.481 e. The van der Waals surface area contributed by atoms with E-state index in [1.807, 2.05) is 6.92 Å². The molecular formula is C24H32N2O2. The molecule has 4 heteroatoms. The summed E-state index contributed by atoms with van der Waals surface area (Å²) in [5.41, 5.74) is 0.363. The Labute approximate surface area is 168 Å². The van der Waals surface area contributed by atoms with Gasteiger partial charge in [-0.05, 0) is 68.1 Å². The summed E-state index contributed by atoms with van der Waals surface area (Å²) in [5, 5.41) is 30.1. The van der Waals surface area contributed by atoms with Crippen LogP contribution >= 0.6 is 0 Å². The van der Waals surface area contributed by atoms with E-state index in [9.17, 15) is 20.4 Å². The highest BCUT2D eigenvalue weighted by molar-refractivity contribution is 5.75. The summed E-state index contributed by atoms with van der Waals surface area (Å²) in [5.74, 6) is -0.158. The topological polar surface area (TPSA) is 84.9 Å². The Balaban J connectivity index is 1.86. The highest BCUT2D eigenvalue weighted by Gasteiger charge is 2.68. The van der Waals surface area contributed by atoms with Crippen LogP contribution in [-0.4, -0.2) is 11.1 Å². The number of carbonyl (C=O) groups is 1. The number of fused-ring (bicyclic) bond motifs is 2. The Morgan fingerprint density at radius 3 is 2.46 bits per heavy atom. The second-order valence-corrected chi connectivity index (χ2v) is 10.7. The molecule has 5 rings (SSSR count). The van der Waals surface area contributed by atoms with E-state index < -0.39 is 11.4 Å². The molecule has 8 atom stereocenters. The third kappa shape index (κ3) is 2.18. The van der Waals surface area contributed by atoms with Crippen LogP contribution in [0.1, 0.15) is 66.2 Å². The van der Waals surface area contributed by atoms with Crippen LogP contribution in [0.4, 0.5) is 0 Å². The minimum atomic E-state index is -0.674. The predicted molar refractivity (Wildman–Crippen MR) is 106 cm³/mol. The molecule has 0 aromatic rings. The smallest absolute Gasteiger partial charge is 0.309 e. The van der Waals surface area contributed by atoms with Crippen LogP contribution in [0.3, 0.4) is 0 Å². The number of hydrogen-bond donors (Lipinski definition) is 1. The summed E-state index contributed by atoms with van der Waals surface area (Å²) in [6.45, 7) is 8.65. The summed E-state index contributed by atoms with van der Waals surface area (Å²) in [6, 6.07) is 5.07. The molecule has 28 heavy (non-hydrogen) atoms. The van der Waals surface area contributed by atoms with Gasteiger partial charge in [0.2, 0.25) is 0 Å². The van der Waals surface area contributed by atoms with Crippen LogP contribution in [0.15, 0.2) is 11.6 Å². The number of carboxylic acid groups (broad SMARTS) is 1. The minimum absolute atomic E-state index is 0.0730. The summed E-state index contributed by atoms with van der Waals surface area (Å²) in [4.78, 5) is 12.2. The van der Waals surface area contributed by atoms with Gasteiger partial charge in [-0.25, -0.2) is 0 Å². The standard InChI is InChI=1S/C24H32N2O2/c1-14(2)16-11-24-9-6-19-22(3,7-5-8-23(19,4)21(27)28)20(24)10-15(16)17(12-25)18(24)13-26/h11,14-15,17-20H,5-10H2,1-4H3,(H,27,28)/t15-,17-,18-,19-,20-,22-,23+,24+/m0/s1. The third-order valence-corrected chi connectivity index (χ3v) is 9.46. The van der Waals surface area contributed by atoms with Crippen molar-refractivity contribution in [3.05, 3.63) is 11.6 Å². The van der Waals surface area contributed by atoms with Gasteiger partial charge < -0.3 is 5.11 Å². The molecule has 2 bridgehead atoms. The van der Waals surface area contributed by atoms with Gasteiger partial charge in [-0.15, -0.1) is 0 Å². The van der Waals surface area contributed by atoms with Crippen LogP contribution in [0.25, 0.3) is 0 Å². The molecule has 1 N–H and O–H groups in total. The number of nitrogens with zero attached hydrogens (tertiary/aromatic N) is 2. The fourth-order valence-electron chi connectivity index (χ4n) is 8.23. The second-order valence-electron chi connectivity index (χ2n) is 10.7. The summed E-state index contributed by atoms with van der Waals surface area (Å²) in [7, 11) is 0. The predicted octanol–water partition coefficient (Wildman–Crippen LogP) is 5.18. The van der Waals surface area contributed by atoms with E-state index in [-0.39, 0.29) is 34.5 Å². The molecule has 0 saturated heterocycles. The number of allylic oxidation sites excluding steroid dienone is 2. The largest absolute Gasteiger partial charge is 0.481 e. The molecule has 3 fully saturated rings. The van der Waals surface area contributed by atoms with E-state index in [4.69, 9.17) is 0 Å². The van der Waals surface area contributed by atoms with E-state index in [1.54, 1.807) is 0 Å². The van der Waals surface area contributed by atoms with E-state index in [2.05, 4.69) is 39.0 Å². The van der Waals surface area contributed by atoms with Crippen LogP contribution in [0.5, 0.6) is 0 Å². The van der Waals surface area contributed by atoms with Crippen molar-refractivity contribution in [2.24, 2.45) is 51.8 Å². The maximum absolute atomic E-state index is 12.2. The first-order valence-electron chi connectivity index (χ1n) is 10.9. The zero-order valence-electron chi connectivity index (χ0n) is 17.5. The number of nitriles is 2. The highest BCUT2D eigenvalue weighted by Crippen LogP contribution is 2.73. The lowest BCUT2D eigenvalue weighted by atomic mass is 9.34. The zero-order chi connectivity index (χ0) is 20.5. The van der Waals surface area contributed by atoms with Gasteiger partial charge >= 0.3 is 5.97 Å². The van der Waals surface area contributed by atoms with E-state index >= 15 is 0 Å². The molecule has 0 aromatic heterocycles. The van der Waals surface area contributed by atoms with Crippen molar-refractivity contribution >= 4 is 5.97 Å². The average molecular weight is 381 g/mol. The summed E-state index contributed by atoms with van der Waals surface area (Å²) >= 11 is 0. The van der Waals surface area contributed by atoms with Crippen molar-refractivity contribution in [2.45, 2.75) is 66.2 Å². The Morgan fingerprint density at radius 2 is 1.89 bits per heavy atom. The maximum atomic E-state index is 12.2. The maximum Gasteiger partial charge on any atom is 0.309 e. The first kappa shape index (κ1) is 19.5. The van der Waals surface area contributed by atoms with Gasteiger partial charge in [0.25, 0.3) is 0 Å². The molecule has 0 amide bonds. The second kappa shape index (κ2) is 6.09. The van der Waals surface area contributed by atoms with E-state index in [0.717, 1.165) is 38.5 Å². The van der Waals surface area contributed by atoms with Gasteiger partial charge in [-0.1, -0.05) is 38.8 Å². The molecule has 0 aromatic carbocycles. The van der Waals surface area contributed by atoms with E-state index in [1.165, 1.54) is 5.57 Å². The average Bonchev–Trinajstić information content (AvgIpc) is 2.65. The fraction of sp³-hybridized carbons (Fsp3) is 0.792. The molecule has 0 radical (unpaired) electrons. The Morgan fingerprint density at radius 1 is 1.18 bits per heavy atom. The van der Waals surface area contributed by atoms with Crippen LogP contribution in [-0.2, 0) is 4.79 Å². The Kier molecular flexibility index (Phi) is 4.24. The molecule has 5 aliphatic rings. The lowest BCUT2D eigenvalue weighted by Gasteiger charge is -2.68. The lowest BCUT2D eigenvalue weighted by molar-refractivity contribution is -0.188. The molecule has 3 saturated carbocycles.